The molecule has 3 aliphatic rings. The van der Waals surface area contributed by atoms with Crippen molar-refractivity contribution in [2.45, 2.75) is 55.2 Å². The number of halogens is 1. The van der Waals surface area contributed by atoms with E-state index in [1.54, 1.807) is 6.20 Å². The zero-order valence-corrected chi connectivity index (χ0v) is 16.4. The fourth-order valence-corrected chi connectivity index (χ4v) is 6.28. The Labute approximate surface area is 160 Å². The van der Waals surface area contributed by atoms with Gasteiger partial charge in [-0.05, 0) is 44.8 Å². The molecule has 1 saturated carbocycles. The molecule has 1 aliphatic carbocycles. The molecule has 1 spiro atoms. The van der Waals surface area contributed by atoms with Gasteiger partial charge in [0.1, 0.15) is 5.54 Å². The maximum absolute atomic E-state index is 13.6. The first-order valence-corrected chi connectivity index (χ1v) is 10.4. The SMILES string of the molecule is Cl.O=C(N1CCSC2(CCCCC2)C1)C1(n2cccn2)CCNCC1. The highest BCUT2D eigenvalue weighted by molar-refractivity contribution is 8.00. The van der Waals surface area contributed by atoms with Crippen LogP contribution in [-0.2, 0) is 10.3 Å². The van der Waals surface area contributed by atoms with Gasteiger partial charge < -0.3 is 10.2 Å². The molecule has 7 heteroatoms. The summed E-state index contributed by atoms with van der Waals surface area (Å²) in [5, 5.41) is 7.87. The van der Waals surface area contributed by atoms with E-state index in [1.165, 1.54) is 32.1 Å². The van der Waals surface area contributed by atoms with Gasteiger partial charge in [0.15, 0.2) is 0 Å². The molecular formula is C18H29ClN4OS. The molecule has 0 atom stereocenters. The average Bonchev–Trinajstić information content (AvgIpc) is 3.18. The zero-order chi connectivity index (χ0) is 16.5. The van der Waals surface area contributed by atoms with Crippen LogP contribution in [0.2, 0.25) is 0 Å². The largest absolute Gasteiger partial charge is 0.338 e. The van der Waals surface area contributed by atoms with Crippen LogP contribution in [0.15, 0.2) is 18.5 Å². The Kier molecular flexibility index (Phi) is 6.01. The standard InChI is InChI=1S/C18H28N4OS.ClH/c23-16(18(7-10-19-11-8-18)22-12-4-9-20-22)21-13-14-24-17(15-21)5-2-1-3-6-17;/h4,9,12,19H,1-3,5-8,10-11,13-15H2;1H. The first-order chi connectivity index (χ1) is 11.7. The number of piperidine rings is 1. The Morgan fingerprint density at radius 2 is 1.88 bits per heavy atom. The van der Waals surface area contributed by atoms with E-state index in [2.05, 4.69) is 27.1 Å². The maximum Gasteiger partial charge on any atom is 0.250 e. The maximum atomic E-state index is 13.6. The monoisotopic (exact) mass is 384 g/mol. The molecule has 4 rings (SSSR count). The topological polar surface area (TPSA) is 50.2 Å². The van der Waals surface area contributed by atoms with Crippen molar-refractivity contribution in [3.63, 3.8) is 0 Å². The summed E-state index contributed by atoms with van der Waals surface area (Å²) in [6.07, 6.45) is 12.0. The minimum absolute atomic E-state index is 0. The van der Waals surface area contributed by atoms with Crippen molar-refractivity contribution >= 4 is 30.1 Å². The Hall–Kier alpha value is -0.720. The van der Waals surface area contributed by atoms with Gasteiger partial charge in [-0.1, -0.05) is 19.3 Å². The third-order valence-electron chi connectivity index (χ3n) is 6.07. The summed E-state index contributed by atoms with van der Waals surface area (Å²) in [6.45, 7) is 3.60. The molecule has 1 aromatic rings. The van der Waals surface area contributed by atoms with E-state index in [-0.39, 0.29) is 12.4 Å². The first-order valence-electron chi connectivity index (χ1n) is 9.38. The minimum atomic E-state index is -0.480. The van der Waals surface area contributed by atoms with Gasteiger partial charge in [0.2, 0.25) is 0 Å². The Morgan fingerprint density at radius 1 is 1.12 bits per heavy atom. The summed E-state index contributed by atoms with van der Waals surface area (Å²) in [7, 11) is 0. The Morgan fingerprint density at radius 3 is 2.56 bits per heavy atom. The molecule has 0 aromatic carbocycles. The number of nitrogens with one attached hydrogen (secondary N) is 1. The van der Waals surface area contributed by atoms with Crippen LogP contribution in [0.1, 0.15) is 44.9 Å². The number of thioether (sulfide) groups is 1. The number of hydrogen-bond acceptors (Lipinski definition) is 4. The first kappa shape index (κ1) is 19.1. The van der Waals surface area contributed by atoms with Gasteiger partial charge in [0, 0.05) is 36.0 Å². The minimum Gasteiger partial charge on any atom is -0.338 e. The fourth-order valence-electron chi connectivity index (χ4n) is 4.71. The molecule has 1 N–H and O–H groups in total. The van der Waals surface area contributed by atoms with Gasteiger partial charge >= 0.3 is 0 Å². The van der Waals surface area contributed by atoms with Crippen molar-refractivity contribution in [1.82, 2.24) is 20.0 Å². The van der Waals surface area contributed by atoms with E-state index >= 15 is 0 Å². The molecule has 5 nitrogen and oxygen atoms in total. The molecule has 1 aromatic heterocycles. The highest BCUT2D eigenvalue weighted by Crippen LogP contribution is 2.43. The molecule has 3 fully saturated rings. The molecule has 25 heavy (non-hydrogen) atoms. The lowest BCUT2D eigenvalue weighted by Gasteiger charge is -2.48. The third kappa shape index (κ3) is 3.58. The van der Waals surface area contributed by atoms with Gasteiger partial charge in [-0.25, -0.2) is 0 Å². The second-order valence-corrected chi connectivity index (χ2v) is 9.11. The normalized spacial score (nSPS) is 25.4. The van der Waals surface area contributed by atoms with Crippen LogP contribution in [0.3, 0.4) is 0 Å². The van der Waals surface area contributed by atoms with E-state index in [4.69, 9.17) is 0 Å². The van der Waals surface area contributed by atoms with Crippen LogP contribution < -0.4 is 5.32 Å². The Balaban J connectivity index is 0.00000182. The van der Waals surface area contributed by atoms with E-state index in [0.717, 1.165) is 44.8 Å². The lowest BCUT2D eigenvalue weighted by atomic mass is 9.84. The highest BCUT2D eigenvalue weighted by Gasteiger charge is 2.47. The van der Waals surface area contributed by atoms with Crippen LogP contribution in [-0.4, -0.2) is 57.3 Å². The van der Waals surface area contributed by atoms with Gasteiger partial charge in [-0.3, -0.25) is 9.48 Å². The second-order valence-electron chi connectivity index (χ2n) is 7.55. The van der Waals surface area contributed by atoms with E-state index < -0.39 is 5.54 Å². The summed E-state index contributed by atoms with van der Waals surface area (Å²) in [5.74, 6) is 1.39. The zero-order valence-electron chi connectivity index (χ0n) is 14.8. The predicted molar refractivity (Wildman–Crippen MR) is 104 cm³/mol. The van der Waals surface area contributed by atoms with Gasteiger partial charge in [-0.15, -0.1) is 12.4 Å². The molecule has 140 valence electrons. The Bertz CT molecular complexity index is 562. The van der Waals surface area contributed by atoms with Crippen molar-refractivity contribution in [2.75, 3.05) is 31.9 Å². The third-order valence-corrected chi connectivity index (χ3v) is 7.61. The lowest BCUT2D eigenvalue weighted by molar-refractivity contribution is -0.143. The summed E-state index contributed by atoms with van der Waals surface area (Å²) >= 11 is 2.12. The quantitative estimate of drug-likeness (QED) is 0.851. The summed E-state index contributed by atoms with van der Waals surface area (Å²) in [5.41, 5.74) is -0.480. The summed E-state index contributed by atoms with van der Waals surface area (Å²) in [4.78, 5) is 15.8. The van der Waals surface area contributed by atoms with E-state index in [0.29, 0.717) is 10.7 Å². The molecule has 0 radical (unpaired) electrons. The van der Waals surface area contributed by atoms with Crippen LogP contribution in [0.5, 0.6) is 0 Å². The number of rotatable bonds is 2. The summed E-state index contributed by atoms with van der Waals surface area (Å²) in [6, 6.07) is 1.94. The number of hydrogen-bond donors (Lipinski definition) is 1. The van der Waals surface area contributed by atoms with Crippen LogP contribution in [0.25, 0.3) is 0 Å². The number of carbonyl (C=O) groups excluding carboxylic acids is 1. The van der Waals surface area contributed by atoms with Crippen LogP contribution in [0.4, 0.5) is 0 Å². The summed E-state index contributed by atoms with van der Waals surface area (Å²) < 4.78 is 2.26. The van der Waals surface area contributed by atoms with E-state index in [1.807, 2.05) is 16.9 Å². The number of amides is 1. The molecule has 2 saturated heterocycles. The smallest absolute Gasteiger partial charge is 0.250 e. The van der Waals surface area contributed by atoms with Crippen molar-refractivity contribution in [2.24, 2.45) is 0 Å². The van der Waals surface area contributed by atoms with Crippen molar-refractivity contribution in [3.05, 3.63) is 18.5 Å². The molecule has 3 heterocycles. The van der Waals surface area contributed by atoms with Crippen LogP contribution >= 0.6 is 24.2 Å². The van der Waals surface area contributed by atoms with Crippen LogP contribution in [0, 0.1) is 0 Å². The highest BCUT2D eigenvalue weighted by atomic mass is 35.5. The lowest BCUT2D eigenvalue weighted by Crippen LogP contribution is -2.59. The number of carbonyl (C=O) groups is 1. The van der Waals surface area contributed by atoms with Gasteiger partial charge in [-0.2, -0.15) is 16.9 Å². The van der Waals surface area contributed by atoms with Crippen molar-refractivity contribution < 1.29 is 4.79 Å². The fraction of sp³-hybridized carbons (Fsp3) is 0.778. The van der Waals surface area contributed by atoms with Crippen molar-refractivity contribution in [1.29, 1.82) is 0 Å². The molecule has 2 aliphatic heterocycles. The molecular weight excluding hydrogens is 356 g/mol. The van der Waals surface area contributed by atoms with Gasteiger partial charge in [0.05, 0.1) is 0 Å². The van der Waals surface area contributed by atoms with Crippen molar-refractivity contribution in [3.8, 4) is 0 Å². The predicted octanol–water partition coefficient (Wildman–Crippen LogP) is 2.66. The average molecular weight is 385 g/mol. The number of nitrogens with zero attached hydrogens (tertiary/aromatic N) is 3. The second kappa shape index (κ2) is 7.89. The molecule has 0 unspecified atom stereocenters. The molecule has 1 amide bonds. The number of aromatic nitrogens is 2. The van der Waals surface area contributed by atoms with E-state index in [9.17, 15) is 4.79 Å². The molecule has 0 bridgehead atoms. The van der Waals surface area contributed by atoms with Gasteiger partial charge in [0.25, 0.3) is 5.91 Å².